The third-order valence-corrected chi connectivity index (χ3v) is 11.0. The highest BCUT2D eigenvalue weighted by atomic mass is 35.5. The summed E-state index contributed by atoms with van der Waals surface area (Å²) >= 11 is 7.59. The van der Waals surface area contributed by atoms with Crippen molar-refractivity contribution < 1.29 is 19.4 Å². The van der Waals surface area contributed by atoms with Crippen LogP contribution in [0.3, 0.4) is 0 Å². The Morgan fingerprint density at radius 1 is 1.10 bits per heavy atom. The van der Waals surface area contributed by atoms with E-state index < -0.39 is 22.8 Å². The SMILES string of the molecule is Cc1ccccc1C1=CC=CC(Nc2nccc3cc(CN4CC[C@@H](O)C4)cnc23)(c2nc3cc(CN4CC[C@@H](C(=O)O)C4)cc(C#N)c3o2)C1Cl. The number of allylic oxidation sites excluding steroid dienone is 2. The van der Waals surface area contributed by atoms with Gasteiger partial charge in [0.15, 0.2) is 16.9 Å². The number of β-amino-alcohol motifs (C(OH)–C–C–N with tert-alkyl or cyclic N) is 1. The lowest BCUT2D eigenvalue weighted by Crippen LogP contribution is -2.44. The molecule has 3 aromatic heterocycles. The summed E-state index contributed by atoms with van der Waals surface area (Å²) in [6, 6.07) is 18.1. The molecule has 3 N–H and O–H groups in total. The zero-order chi connectivity index (χ0) is 36.0. The van der Waals surface area contributed by atoms with Gasteiger partial charge in [-0.05, 0) is 84.5 Å². The van der Waals surface area contributed by atoms with Crippen molar-refractivity contribution in [3.8, 4) is 6.07 Å². The van der Waals surface area contributed by atoms with E-state index in [1.165, 1.54) is 0 Å². The van der Waals surface area contributed by atoms with Crippen LogP contribution < -0.4 is 5.32 Å². The smallest absolute Gasteiger partial charge is 0.307 e. The Morgan fingerprint density at radius 3 is 2.67 bits per heavy atom. The quantitative estimate of drug-likeness (QED) is 0.154. The number of halogens is 1. The predicted octanol–water partition coefficient (Wildman–Crippen LogP) is 5.99. The molecule has 1 aliphatic carbocycles. The number of anilines is 1. The second kappa shape index (κ2) is 13.8. The van der Waals surface area contributed by atoms with Crippen LogP contribution >= 0.6 is 11.6 Å². The number of likely N-dealkylation sites (tertiary alicyclic amines) is 2. The van der Waals surface area contributed by atoms with Crippen LogP contribution in [0.25, 0.3) is 27.6 Å². The van der Waals surface area contributed by atoms with Crippen molar-refractivity contribution in [1.82, 2.24) is 24.8 Å². The van der Waals surface area contributed by atoms with Crippen LogP contribution in [0.5, 0.6) is 0 Å². The molecule has 0 saturated carbocycles. The molecule has 8 rings (SSSR count). The van der Waals surface area contributed by atoms with E-state index >= 15 is 0 Å². The summed E-state index contributed by atoms with van der Waals surface area (Å²) in [5.74, 6) is -0.431. The van der Waals surface area contributed by atoms with E-state index in [1.54, 1.807) is 12.3 Å². The van der Waals surface area contributed by atoms with Crippen LogP contribution in [0, 0.1) is 24.2 Å². The molecular formula is C40H38ClN7O4. The Labute approximate surface area is 305 Å². The van der Waals surface area contributed by atoms with Crippen LogP contribution in [-0.4, -0.2) is 78.6 Å². The number of aliphatic carboxylic acids is 1. The van der Waals surface area contributed by atoms with Crippen LogP contribution in [0.15, 0.2) is 83.6 Å². The van der Waals surface area contributed by atoms with E-state index in [0.717, 1.165) is 46.2 Å². The van der Waals surface area contributed by atoms with Crippen molar-refractivity contribution in [3.05, 3.63) is 113 Å². The number of alkyl halides is 1. The molecule has 264 valence electrons. The molecule has 2 aliphatic heterocycles. The molecule has 5 heterocycles. The van der Waals surface area contributed by atoms with Gasteiger partial charge in [0.05, 0.1) is 23.0 Å². The number of oxazole rings is 1. The molecule has 0 amide bonds. The van der Waals surface area contributed by atoms with Gasteiger partial charge >= 0.3 is 5.97 Å². The lowest BCUT2D eigenvalue weighted by atomic mass is 9.81. The first-order valence-corrected chi connectivity index (χ1v) is 18.0. The number of aryl methyl sites for hydroxylation is 1. The van der Waals surface area contributed by atoms with Crippen molar-refractivity contribution in [2.75, 3.05) is 31.5 Å². The third kappa shape index (κ3) is 6.33. The van der Waals surface area contributed by atoms with Crippen LogP contribution in [0.4, 0.5) is 5.82 Å². The number of pyridine rings is 2. The van der Waals surface area contributed by atoms with Gasteiger partial charge in [0, 0.05) is 50.5 Å². The topological polar surface area (TPSA) is 152 Å². The first-order chi connectivity index (χ1) is 25.2. The normalized spacial score (nSPS) is 23.7. The van der Waals surface area contributed by atoms with Crippen molar-refractivity contribution in [2.45, 2.75) is 49.9 Å². The number of carboxylic acids is 1. The van der Waals surface area contributed by atoms with E-state index in [1.807, 2.05) is 67.7 Å². The van der Waals surface area contributed by atoms with Crippen LogP contribution in [-0.2, 0) is 23.4 Å². The molecule has 12 heteroatoms. The van der Waals surface area contributed by atoms with E-state index in [4.69, 9.17) is 31.0 Å². The summed E-state index contributed by atoms with van der Waals surface area (Å²) in [7, 11) is 0. The maximum absolute atomic E-state index is 11.6. The van der Waals surface area contributed by atoms with E-state index in [-0.39, 0.29) is 12.0 Å². The largest absolute Gasteiger partial charge is 0.481 e. The van der Waals surface area contributed by atoms with Crippen LogP contribution in [0.1, 0.15) is 46.5 Å². The predicted molar refractivity (Wildman–Crippen MR) is 198 cm³/mol. The molecule has 3 aliphatic rings. The van der Waals surface area contributed by atoms with Gasteiger partial charge in [-0.2, -0.15) is 5.26 Å². The second-order valence-corrected chi connectivity index (χ2v) is 14.5. The van der Waals surface area contributed by atoms with Crippen molar-refractivity contribution >= 4 is 51.0 Å². The number of nitriles is 1. The molecule has 52 heavy (non-hydrogen) atoms. The third-order valence-electron chi connectivity index (χ3n) is 10.5. The van der Waals surface area contributed by atoms with Gasteiger partial charge in [0.1, 0.15) is 17.1 Å². The molecule has 11 nitrogen and oxygen atoms in total. The van der Waals surface area contributed by atoms with Gasteiger partial charge in [-0.3, -0.25) is 19.6 Å². The number of aromatic nitrogens is 3. The summed E-state index contributed by atoms with van der Waals surface area (Å²) in [5, 5.41) is 33.6. The Balaban J connectivity index is 1.20. The molecule has 2 aromatic carbocycles. The number of carboxylic acid groups (broad SMARTS) is 1. The van der Waals surface area contributed by atoms with Gasteiger partial charge in [-0.1, -0.05) is 36.4 Å². The first kappa shape index (κ1) is 34.0. The number of nitrogens with zero attached hydrogens (tertiary/aromatic N) is 6. The fourth-order valence-electron chi connectivity index (χ4n) is 7.75. The second-order valence-electron chi connectivity index (χ2n) is 14.1. The molecular weight excluding hydrogens is 678 g/mol. The van der Waals surface area contributed by atoms with E-state index in [2.05, 4.69) is 27.3 Å². The number of hydrogen-bond donors (Lipinski definition) is 3. The van der Waals surface area contributed by atoms with E-state index in [9.17, 15) is 20.3 Å². The van der Waals surface area contributed by atoms with E-state index in [0.29, 0.717) is 67.1 Å². The highest BCUT2D eigenvalue weighted by molar-refractivity contribution is 6.28. The monoisotopic (exact) mass is 715 g/mol. The molecule has 0 bridgehead atoms. The van der Waals surface area contributed by atoms with Crippen molar-refractivity contribution in [3.63, 3.8) is 0 Å². The molecule has 0 spiro atoms. The lowest BCUT2D eigenvalue weighted by molar-refractivity contribution is -0.141. The summed E-state index contributed by atoms with van der Waals surface area (Å²) in [6.45, 7) is 5.83. The first-order valence-electron chi connectivity index (χ1n) is 17.5. The molecule has 2 fully saturated rings. The Morgan fingerprint density at radius 2 is 1.90 bits per heavy atom. The number of rotatable bonds is 9. The van der Waals surface area contributed by atoms with Crippen LogP contribution in [0.2, 0.25) is 0 Å². The molecule has 0 radical (unpaired) electrons. The maximum atomic E-state index is 11.6. The Hall–Kier alpha value is -5.12. The van der Waals surface area contributed by atoms with Gasteiger partial charge in [-0.25, -0.2) is 9.97 Å². The summed E-state index contributed by atoms with van der Waals surface area (Å²) in [6.07, 6.45) is 10.5. The minimum absolute atomic E-state index is 0.265. The van der Waals surface area contributed by atoms with Gasteiger partial charge in [-0.15, -0.1) is 11.6 Å². The standard InChI is InChI=1S/C40H38ClN7O4/c1-24-5-2-3-6-31(24)32-7-4-11-40(36(32)41,46-37-34-27(8-12-43-37)16-26(19-44-34)21-48-14-10-30(49)23-48)39-45-33-17-25(15-29(18-42)35(33)52-39)20-47-13-9-28(22-47)38(50)51/h2-8,11-12,15-17,19,28,30,36,49H,9-10,13-14,20-23H2,1H3,(H,43,46)(H,50,51)/t28-,30-,36?,40?/m1/s1. The summed E-state index contributed by atoms with van der Waals surface area (Å²) < 4.78 is 6.55. The highest BCUT2D eigenvalue weighted by Crippen LogP contribution is 2.45. The molecule has 4 atom stereocenters. The number of carbonyl (C=O) groups is 1. The fourth-order valence-corrected chi connectivity index (χ4v) is 8.16. The number of fused-ring (bicyclic) bond motifs is 2. The zero-order valence-electron chi connectivity index (χ0n) is 28.7. The Kier molecular flexibility index (Phi) is 9.01. The lowest BCUT2D eigenvalue weighted by Gasteiger charge is -2.37. The van der Waals surface area contributed by atoms with Crippen molar-refractivity contribution in [1.29, 1.82) is 5.26 Å². The number of benzene rings is 2. The van der Waals surface area contributed by atoms with Crippen molar-refractivity contribution in [2.24, 2.45) is 5.92 Å². The highest BCUT2D eigenvalue weighted by Gasteiger charge is 2.47. The molecule has 5 aromatic rings. The average Bonchev–Trinajstić information content (AvgIpc) is 3.90. The summed E-state index contributed by atoms with van der Waals surface area (Å²) in [4.78, 5) is 30.5. The number of aliphatic hydroxyl groups excluding tert-OH is 1. The fraction of sp³-hybridized carbons (Fsp3) is 0.325. The van der Waals surface area contributed by atoms with Gasteiger partial charge < -0.3 is 19.9 Å². The number of nitrogens with one attached hydrogen (secondary N) is 1. The average molecular weight is 716 g/mol. The van der Waals surface area contributed by atoms with Gasteiger partial charge in [0.2, 0.25) is 5.89 Å². The molecule has 2 saturated heterocycles. The van der Waals surface area contributed by atoms with Gasteiger partial charge in [0.25, 0.3) is 0 Å². The zero-order valence-corrected chi connectivity index (χ0v) is 29.4. The minimum atomic E-state index is -1.25. The number of aliphatic hydroxyl groups is 1. The molecule has 2 unspecified atom stereocenters. The Bertz CT molecular complexity index is 2300. The summed E-state index contributed by atoms with van der Waals surface area (Å²) in [5.41, 5.74) is 5.38. The maximum Gasteiger partial charge on any atom is 0.307 e. The minimum Gasteiger partial charge on any atom is -0.481 e. The number of hydrogen-bond acceptors (Lipinski definition) is 10.